The molecular formula is C28H36N8O3. The Morgan fingerprint density at radius 1 is 1.10 bits per heavy atom. The Bertz CT molecular complexity index is 1300. The Balaban J connectivity index is 1.25. The zero-order valence-electron chi connectivity index (χ0n) is 22.3. The predicted molar refractivity (Wildman–Crippen MR) is 148 cm³/mol. The van der Waals surface area contributed by atoms with Gasteiger partial charge in [0.2, 0.25) is 0 Å². The van der Waals surface area contributed by atoms with E-state index in [1.165, 1.54) is 5.56 Å². The van der Waals surface area contributed by atoms with Crippen LogP contribution >= 0.6 is 0 Å². The molecule has 2 aromatic heterocycles. The maximum absolute atomic E-state index is 12.5. The number of aromatic nitrogens is 4. The average Bonchev–Trinajstić information content (AvgIpc) is 3.36. The van der Waals surface area contributed by atoms with Gasteiger partial charge in [0.1, 0.15) is 11.4 Å². The first-order valence-corrected chi connectivity index (χ1v) is 13.7. The number of nitrogens with zero attached hydrogens (tertiary/aromatic N) is 4. The number of hydrogen-bond donors (Lipinski definition) is 4. The van der Waals surface area contributed by atoms with Crippen molar-refractivity contribution in [3.05, 3.63) is 47.3 Å². The SMILES string of the molecule is Cc1cc(-c2nc(C(N)=O)c(Nc3ccc(CN4CCOCC4)cc3)nc2NC2CCC3(CC2)COC3)n[nH]1. The highest BCUT2D eigenvalue weighted by Gasteiger charge is 2.41. The number of benzene rings is 1. The van der Waals surface area contributed by atoms with E-state index >= 15 is 0 Å². The van der Waals surface area contributed by atoms with Crippen molar-refractivity contribution in [1.29, 1.82) is 0 Å². The number of aromatic amines is 1. The lowest BCUT2D eigenvalue weighted by Gasteiger charge is -2.46. The summed E-state index contributed by atoms with van der Waals surface area (Å²) >= 11 is 0. The van der Waals surface area contributed by atoms with Crippen LogP contribution in [0.5, 0.6) is 0 Å². The molecule has 3 aliphatic rings. The molecule has 1 spiro atoms. The van der Waals surface area contributed by atoms with Gasteiger partial charge in [-0.2, -0.15) is 5.10 Å². The Kier molecular flexibility index (Phi) is 7.20. The van der Waals surface area contributed by atoms with Crippen molar-refractivity contribution in [2.75, 3.05) is 50.2 Å². The predicted octanol–water partition coefficient (Wildman–Crippen LogP) is 3.22. The van der Waals surface area contributed by atoms with E-state index < -0.39 is 5.91 Å². The number of nitrogens with two attached hydrogens (primary N) is 1. The van der Waals surface area contributed by atoms with Crippen molar-refractivity contribution in [2.45, 2.75) is 45.2 Å². The number of carbonyl (C=O) groups excluding carboxylic acids is 1. The number of rotatable bonds is 8. The summed E-state index contributed by atoms with van der Waals surface area (Å²) in [4.78, 5) is 24.4. The molecule has 0 bridgehead atoms. The van der Waals surface area contributed by atoms with Gasteiger partial charge < -0.3 is 25.8 Å². The topological polar surface area (TPSA) is 143 Å². The highest BCUT2D eigenvalue weighted by atomic mass is 16.5. The molecule has 4 heterocycles. The first-order valence-electron chi connectivity index (χ1n) is 13.7. The van der Waals surface area contributed by atoms with Crippen molar-refractivity contribution in [3.63, 3.8) is 0 Å². The molecule has 1 aromatic carbocycles. The average molecular weight is 533 g/mol. The molecule has 11 nitrogen and oxygen atoms in total. The van der Waals surface area contributed by atoms with Gasteiger partial charge in [0, 0.05) is 42.5 Å². The zero-order valence-corrected chi connectivity index (χ0v) is 22.3. The van der Waals surface area contributed by atoms with E-state index in [1.54, 1.807) is 0 Å². The number of nitrogens with one attached hydrogen (secondary N) is 3. The second-order valence-corrected chi connectivity index (χ2v) is 11.0. The molecule has 1 aliphatic carbocycles. The van der Waals surface area contributed by atoms with Crippen molar-refractivity contribution in [2.24, 2.45) is 11.1 Å². The Labute approximate surface area is 227 Å². The maximum Gasteiger partial charge on any atom is 0.271 e. The molecule has 2 aliphatic heterocycles. The van der Waals surface area contributed by atoms with Crippen LogP contribution in [0.2, 0.25) is 0 Å². The second kappa shape index (κ2) is 10.9. The number of morpholine rings is 1. The van der Waals surface area contributed by atoms with Crippen LogP contribution in [0.3, 0.4) is 0 Å². The fourth-order valence-electron chi connectivity index (χ4n) is 5.61. The Hall–Kier alpha value is -3.54. The Morgan fingerprint density at radius 2 is 1.85 bits per heavy atom. The number of aryl methyl sites for hydroxylation is 1. The van der Waals surface area contributed by atoms with Crippen molar-refractivity contribution in [1.82, 2.24) is 25.1 Å². The molecule has 0 radical (unpaired) electrons. The fraction of sp³-hybridized carbons (Fsp3) is 0.500. The third-order valence-corrected chi connectivity index (χ3v) is 8.01. The lowest BCUT2D eigenvalue weighted by atomic mass is 9.71. The van der Waals surface area contributed by atoms with E-state index in [1.807, 2.05) is 25.1 Å². The lowest BCUT2D eigenvalue weighted by Crippen LogP contribution is -2.47. The van der Waals surface area contributed by atoms with E-state index in [-0.39, 0.29) is 11.7 Å². The Morgan fingerprint density at radius 3 is 2.46 bits per heavy atom. The van der Waals surface area contributed by atoms with Crippen LogP contribution in [0.25, 0.3) is 11.4 Å². The van der Waals surface area contributed by atoms with E-state index in [4.69, 9.17) is 20.2 Å². The van der Waals surface area contributed by atoms with Gasteiger partial charge in [-0.05, 0) is 56.4 Å². The number of amides is 1. The maximum atomic E-state index is 12.5. The number of H-pyrrole nitrogens is 1. The van der Waals surface area contributed by atoms with E-state index in [9.17, 15) is 4.79 Å². The van der Waals surface area contributed by atoms with Gasteiger partial charge in [-0.1, -0.05) is 12.1 Å². The molecular weight excluding hydrogens is 496 g/mol. The highest BCUT2D eigenvalue weighted by Crippen LogP contribution is 2.43. The normalized spacial score (nSPS) is 19.5. The van der Waals surface area contributed by atoms with Gasteiger partial charge >= 0.3 is 0 Å². The fourth-order valence-corrected chi connectivity index (χ4v) is 5.61. The van der Waals surface area contributed by atoms with Gasteiger partial charge in [0.25, 0.3) is 5.91 Å². The van der Waals surface area contributed by atoms with Gasteiger partial charge in [-0.15, -0.1) is 0 Å². The molecule has 11 heteroatoms. The molecule has 5 N–H and O–H groups in total. The summed E-state index contributed by atoms with van der Waals surface area (Å²) in [7, 11) is 0. The molecule has 2 saturated heterocycles. The van der Waals surface area contributed by atoms with E-state index in [2.05, 4.69) is 42.8 Å². The van der Waals surface area contributed by atoms with Crippen LogP contribution in [-0.2, 0) is 16.0 Å². The number of ether oxygens (including phenoxy) is 2. The van der Waals surface area contributed by atoms with Crippen LogP contribution in [0, 0.1) is 12.3 Å². The summed E-state index contributed by atoms with van der Waals surface area (Å²) in [5.41, 5.74) is 10.2. The summed E-state index contributed by atoms with van der Waals surface area (Å²) in [6.45, 7) is 7.94. The third-order valence-electron chi connectivity index (χ3n) is 8.01. The first kappa shape index (κ1) is 25.7. The molecule has 0 unspecified atom stereocenters. The smallest absolute Gasteiger partial charge is 0.271 e. The van der Waals surface area contributed by atoms with Gasteiger partial charge in [0.15, 0.2) is 17.3 Å². The monoisotopic (exact) mass is 532 g/mol. The van der Waals surface area contributed by atoms with Crippen LogP contribution in [0.4, 0.5) is 17.3 Å². The van der Waals surface area contributed by atoms with Crippen LogP contribution < -0.4 is 16.4 Å². The zero-order chi connectivity index (χ0) is 26.8. The van der Waals surface area contributed by atoms with E-state index in [0.29, 0.717) is 28.4 Å². The summed E-state index contributed by atoms with van der Waals surface area (Å²) < 4.78 is 10.9. The summed E-state index contributed by atoms with van der Waals surface area (Å²) in [5.74, 6) is 0.254. The van der Waals surface area contributed by atoms with Crippen LogP contribution in [-0.4, -0.2) is 76.5 Å². The van der Waals surface area contributed by atoms with Crippen molar-refractivity contribution >= 4 is 23.2 Å². The number of hydrogen-bond acceptors (Lipinski definition) is 9. The minimum absolute atomic E-state index is 0.0720. The summed E-state index contributed by atoms with van der Waals surface area (Å²) in [6.07, 6.45) is 4.29. The molecule has 1 amide bonds. The molecule has 0 atom stereocenters. The quantitative estimate of drug-likeness (QED) is 0.344. The minimum atomic E-state index is -0.654. The molecule has 1 saturated carbocycles. The van der Waals surface area contributed by atoms with Crippen molar-refractivity contribution in [3.8, 4) is 11.4 Å². The van der Waals surface area contributed by atoms with E-state index in [0.717, 1.165) is 83.1 Å². The number of primary amides is 1. The molecule has 6 rings (SSSR count). The van der Waals surface area contributed by atoms with Gasteiger partial charge in [-0.3, -0.25) is 14.8 Å². The van der Waals surface area contributed by atoms with Crippen molar-refractivity contribution < 1.29 is 14.3 Å². The number of anilines is 3. The number of carbonyl (C=O) groups is 1. The molecule has 206 valence electrons. The molecule has 3 aromatic rings. The van der Waals surface area contributed by atoms with Gasteiger partial charge in [0.05, 0.1) is 26.4 Å². The highest BCUT2D eigenvalue weighted by molar-refractivity contribution is 5.97. The minimum Gasteiger partial charge on any atom is -0.380 e. The van der Waals surface area contributed by atoms with Gasteiger partial charge in [-0.25, -0.2) is 9.97 Å². The third kappa shape index (κ3) is 5.75. The molecule has 3 fully saturated rings. The second-order valence-electron chi connectivity index (χ2n) is 11.0. The summed E-state index contributed by atoms with van der Waals surface area (Å²) in [5, 5.41) is 14.2. The standard InChI is InChI=1S/C28H36N8O3/c1-18-14-22(35-34-18)23-26(31-21-6-8-28(9-7-21)16-39-17-28)33-27(24(32-23)25(29)37)30-20-4-2-19(3-5-20)15-36-10-12-38-13-11-36/h2-5,14,21H,6-13,15-17H2,1H3,(H2,29,37)(H,34,35)(H2,30,31,33). The largest absolute Gasteiger partial charge is 0.380 e. The van der Waals surface area contributed by atoms with Crippen LogP contribution in [0.15, 0.2) is 30.3 Å². The lowest BCUT2D eigenvalue weighted by molar-refractivity contribution is -0.131. The first-order chi connectivity index (χ1) is 19.0. The molecule has 39 heavy (non-hydrogen) atoms. The summed E-state index contributed by atoms with van der Waals surface area (Å²) in [6, 6.07) is 10.3. The van der Waals surface area contributed by atoms with Crippen LogP contribution in [0.1, 0.15) is 47.4 Å².